The zero-order valence-electron chi connectivity index (χ0n) is 31.5. The Balaban J connectivity index is 1.81. The van der Waals surface area contributed by atoms with Crippen molar-refractivity contribution in [2.75, 3.05) is 26.4 Å². The van der Waals surface area contributed by atoms with Crippen molar-refractivity contribution in [1.82, 2.24) is 0 Å². The fraction of sp³-hybridized carbons (Fsp3) is 0.422. The highest BCUT2D eigenvalue weighted by molar-refractivity contribution is 6.83. The van der Waals surface area contributed by atoms with Crippen LogP contribution in [0.25, 0.3) is 0 Å². The van der Waals surface area contributed by atoms with Crippen LogP contribution in [-0.4, -0.2) is 34.5 Å². The third-order valence-corrected chi connectivity index (χ3v) is 9.56. The van der Waals surface area contributed by atoms with Gasteiger partial charge in [-0.1, -0.05) is 108 Å². The van der Waals surface area contributed by atoms with Crippen molar-refractivity contribution >= 4 is 8.07 Å². The molecule has 264 valence electrons. The molecule has 1 aliphatic carbocycles. The van der Waals surface area contributed by atoms with Gasteiger partial charge in [0, 0.05) is 42.4 Å². The number of ether oxygens (including phenoxy) is 4. The van der Waals surface area contributed by atoms with Gasteiger partial charge in [0.25, 0.3) is 0 Å². The Labute approximate surface area is 302 Å². The van der Waals surface area contributed by atoms with Crippen molar-refractivity contribution in [1.29, 1.82) is 0 Å². The molecule has 0 amide bonds. The quantitative estimate of drug-likeness (QED) is 0.0966. The molecule has 4 aromatic rings. The molecule has 5 rings (SSSR count). The largest absolute Gasteiger partial charge is 0.493 e. The molecule has 4 nitrogen and oxygen atoms in total. The number of rotatable bonds is 12. The highest BCUT2D eigenvalue weighted by Crippen LogP contribution is 2.39. The predicted octanol–water partition coefficient (Wildman–Crippen LogP) is 10.7. The van der Waals surface area contributed by atoms with Gasteiger partial charge in [0.15, 0.2) is 0 Å². The molecule has 0 spiro atoms. The van der Waals surface area contributed by atoms with Crippen LogP contribution in [0.3, 0.4) is 0 Å². The molecule has 0 atom stereocenters. The minimum Gasteiger partial charge on any atom is -0.493 e. The van der Waals surface area contributed by atoms with E-state index < -0.39 is 8.07 Å². The van der Waals surface area contributed by atoms with E-state index in [0.717, 1.165) is 76.5 Å². The van der Waals surface area contributed by atoms with Crippen molar-refractivity contribution in [2.45, 2.75) is 98.7 Å². The molecule has 0 fully saturated rings. The molecule has 8 bridgehead atoms. The fourth-order valence-electron chi connectivity index (χ4n) is 6.48. The van der Waals surface area contributed by atoms with E-state index in [1.54, 1.807) is 0 Å². The van der Waals surface area contributed by atoms with Crippen LogP contribution in [0.2, 0.25) is 19.6 Å². The normalized spacial score (nSPS) is 12.5. The van der Waals surface area contributed by atoms with Crippen LogP contribution in [0.1, 0.15) is 103 Å². The highest BCUT2D eigenvalue weighted by atomic mass is 28.3. The number of fused-ring (bicyclic) bond motifs is 8. The van der Waals surface area contributed by atoms with Crippen LogP contribution < -0.4 is 18.9 Å². The van der Waals surface area contributed by atoms with Gasteiger partial charge in [0.1, 0.15) is 31.1 Å². The third-order valence-electron chi connectivity index (χ3n) is 8.68. The predicted molar refractivity (Wildman–Crippen MR) is 210 cm³/mol. The van der Waals surface area contributed by atoms with E-state index in [2.05, 4.69) is 126 Å². The maximum atomic E-state index is 6.70. The summed E-state index contributed by atoms with van der Waals surface area (Å²) < 4.78 is 26.6. The van der Waals surface area contributed by atoms with Crippen molar-refractivity contribution in [2.24, 2.45) is 0 Å². The van der Waals surface area contributed by atoms with Gasteiger partial charge in [0.05, 0.1) is 26.4 Å². The Morgan fingerprint density at radius 2 is 0.740 bits per heavy atom. The summed E-state index contributed by atoms with van der Waals surface area (Å²) in [5.41, 5.74) is 13.9. The van der Waals surface area contributed by atoms with E-state index in [4.69, 9.17) is 18.9 Å². The van der Waals surface area contributed by atoms with Gasteiger partial charge in [0.2, 0.25) is 0 Å². The molecule has 50 heavy (non-hydrogen) atoms. The second-order valence-electron chi connectivity index (χ2n) is 14.4. The van der Waals surface area contributed by atoms with Crippen LogP contribution in [0.15, 0.2) is 66.7 Å². The van der Waals surface area contributed by atoms with Gasteiger partial charge in [-0.3, -0.25) is 0 Å². The lowest BCUT2D eigenvalue weighted by molar-refractivity contribution is 0.304. The number of para-hydroxylation sites is 3. The number of benzene rings is 4. The molecular weight excluding hydrogens is 633 g/mol. The van der Waals surface area contributed by atoms with Crippen molar-refractivity contribution in [3.8, 4) is 34.5 Å². The van der Waals surface area contributed by atoms with E-state index in [1.165, 1.54) is 22.3 Å². The lowest BCUT2D eigenvalue weighted by Gasteiger charge is -2.23. The van der Waals surface area contributed by atoms with Crippen LogP contribution in [0.5, 0.6) is 23.0 Å². The third kappa shape index (κ3) is 9.55. The van der Waals surface area contributed by atoms with E-state index in [9.17, 15) is 0 Å². The van der Waals surface area contributed by atoms with Crippen molar-refractivity contribution in [3.63, 3.8) is 0 Å². The number of hydrogen-bond donors (Lipinski definition) is 0. The molecule has 4 aromatic carbocycles. The molecule has 0 unspecified atom stereocenters. The summed E-state index contributed by atoms with van der Waals surface area (Å²) in [6, 6.07) is 24.3. The van der Waals surface area contributed by atoms with E-state index in [0.29, 0.717) is 52.1 Å². The fourth-order valence-corrected chi connectivity index (χ4v) is 7.00. The SMILES string of the molecule is CCCOc1c2cccc1Cc1cccc(c1OCCC)Cc1cc(C#C[Si](C)(C)C)cc(c1OCCC)Cc1cccc(c1OCCC)C2. The summed E-state index contributed by atoms with van der Waals surface area (Å²) in [6.07, 6.45) is 6.53. The van der Waals surface area contributed by atoms with Gasteiger partial charge in [-0.2, -0.15) is 0 Å². The molecule has 0 heterocycles. The summed E-state index contributed by atoms with van der Waals surface area (Å²) in [6.45, 7) is 18.2. The van der Waals surface area contributed by atoms with E-state index >= 15 is 0 Å². The average Bonchev–Trinajstić information content (AvgIpc) is 3.09. The van der Waals surface area contributed by atoms with Gasteiger partial charge in [-0.05, 0) is 71.2 Å². The second kappa shape index (κ2) is 17.7. The minimum absolute atomic E-state index is 0.646. The highest BCUT2D eigenvalue weighted by Gasteiger charge is 2.22. The molecular formula is C45H56O4Si. The monoisotopic (exact) mass is 688 g/mol. The second-order valence-corrected chi connectivity index (χ2v) is 19.2. The van der Waals surface area contributed by atoms with Gasteiger partial charge >= 0.3 is 0 Å². The standard InChI is InChI=1S/C45H56O4Si/c1-8-22-46-42-34-15-12-16-35(42)30-37-18-14-20-39(44(37)48-24-10-3)32-41-28-33(21-26-50(5,6)7)27-40(45(41)49-25-11-4)31-38-19-13-17-36(29-34)43(38)47-23-9-2/h12-20,27-28H,8-11,22-25,29-32H2,1-7H3. The minimum atomic E-state index is -1.61. The van der Waals surface area contributed by atoms with Gasteiger partial charge in [-0.15, -0.1) is 5.54 Å². The molecule has 0 aromatic heterocycles. The van der Waals surface area contributed by atoms with Crippen LogP contribution in [-0.2, 0) is 25.7 Å². The molecule has 0 saturated heterocycles. The van der Waals surface area contributed by atoms with E-state index in [-0.39, 0.29) is 0 Å². The van der Waals surface area contributed by atoms with Crippen LogP contribution in [0, 0.1) is 11.5 Å². The average molecular weight is 689 g/mol. The molecule has 0 saturated carbocycles. The molecule has 0 aliphatic heterocycles. The van der Waals surface area contributed by atoms with Crippen LogP contribution in [0.4, 0.5) is 0 Å². The summed E-state index contributed by atoms with van der Waals surface area (Å²) in [7, 11) is -1.61. The molecule has 1 aliphatic rings. The lowest BCUT2D eigenvalue weighted by atomic mass is 9.90. The molecule has 5 heteroatoms. The van der Waals surface area contributed by atoms with Gasteiger partial charge in [-0.25, -0.2) is 0 Å². The Morgan fingerprint density at radius 3 is 1.02 bits per heavy atom. The van der Waals surface area contributed by atoms with Crippen molar-refractivity contribution < 1.29 is 18.9 Å². The zero-order valence-corrected chi connectivity index (χ0v) is 32.5. The molecule has 0 N–H and O–H groups in total. The smallest absolute Gasteiger partial charge is 0.129 e. The Bertz CT molecular complexity index is 1700. The summed E-state index contributed by atoms with van der Waals surface area (Å²) >= 11 is 0. The first kappa shape index (κ1) is 37.1. The zero-order chi connectivity index (χ0) is 35.5. The Kier molecular flexibility index (Phi) is 13.1. The van der Waals surface area contributed by atoms with Crippen LogP contribution >= 0.6 is 0 Å². The molecule has 0 radical (unpaired) electrons. The summed E-state index contributed by atoms with van der Waals surface area (Å²) in [4.78, 5) is 0. The topological polar surface area (TPSA) is 36.9 Å². The van der Waals surface area contributed by atoms with Gasteiger partial charge < -0.3 is 18.9 Å². The maximum absolute atomic E-state index is 6.70. The Hall–Kier alpha value is -4.14. The summed E-state index contributed by atoms with van der Waals surface area (Å²) in [5, 5.41) is 0. The number of hydrogen-bond acceptors (Lipinski definition) is 4. The Morgan fingerprint density at radius 1 is 0.460 bits per heavy atom. The lowest BCUT2D eigenvalue weighted by Crippen LogP contribution is -2.16. The van der Waals surface area contributed by atoms with Crippen molar-refractivity contribution in [3.05, 3.63) is 117 Å². The first-order valence-electron chi connectivity index (χ1n) is 18.8. The van der Waals surface area contributed by atoms with E-state index in [1.807, 2.05) is 0 Å². The first-order valence-corrected chi connectivity index (χ1v) is 22.3. The maximum Gasteiger partial charge on any atom is 0.129 e. The summed E-state index contributed by atoms with van der Waals surface area (Å²) in [5.74, 6) is 7.46. The first-order chi connectivity index (χ1) is 24.2.